The summed E-state index contributed by atoms with van der Waals surface area (Å²) >= 11 is 0. The van der Waals surface area contributed by atoms with Crippen LogP contribution in [0.15, 0.2) is 30.6 Å². The summed E-state index contributed by atoms with van der Waals surface area (Å²) in [5.74, 6) is 0.243. The third-order valence-electron chi connectivity index (χ3n) is 6.63. The number of benzene rings is 1. The van der Waals surface area contributed by atoms with Crippen molar-refractivity contribution in [3.05, 3.63) is 42.0 Å². The first kappa shape index (κ1) is 17.4. The molecule has 4 heterocycles. The van der Waals surface area contributed by atoms with Gasteiger partial charge in [-0.2, -0.15) is 0 Å². The van der Waals surface area contributed by atoms with E-state index >= 15 is 0 Å². The number of carbonyl (C=O) groups is 2. The summed E-state index contributed by atoms with van der Waals surface area (Å²) in [5, 5.41) is 11.0. The Kier molecular flexibility index (Phi) is 3.80. The molecule has 2 amide bonds. The van der Waals surface area contributed by atoms with Crippen LogP contribution in [0.5, 0.6) is 0 Å². The van der Waals surface area contributed by atoms with Crippen LogP contribution in [0.25, 0.3) is 0 Å². The number of nitrogens with zero attached hydrogens (tertiary/aromatic N) is 5. The molecule has 0 bridgehead atoms. The lowest BCUT2D eigenvalue weighted by molar-refractivity contribution is -0.143. The number of aryl methyl sites for hydroxylation is 1. The van der Waals surface area contributed by atoms with Gasteiger partial charge in [0.2, 0.25) is 11.8 Å². The Balaban J connectivity index is 1.54. The molecule has 0 aliphatic carbocycles. The molecule has 28 heavy (non-hydrogen) atoms. The minimum atomic E-state index is -0.900. The van der Waals surface area contributed by atoms with Crippen LogP contribution in [-0.2, 0) is 28.7 Å². The normalized spacial score (nSPS) is 28.4. The number of amides is 2. The predicted octanol–water partition coefficient (Wildman–Crippen LogP) is 1.11. The van der Waals surface area contributed by atoms with E-state index in [0.29, 0.717) is 13.0 Å². The SMILES string of the molecule is CN(Cc1nncn1C)C(=O)[C@@H]1C[C@H]2CCCN2[C@]12C(=O)Nc1ccccc12. The summed E-state index contributed by atoms with van der Waals surface area (Å²) in [6, 6.07) is 8.07. The topological polar surface area (TPSA) is 83.4 Å². The molecule has 1 aromatic heterocycles. The highest BCUT2D eigenvalue weighted by atomic mass is 16.2. The van der Waals surface area contributed by atoms with Crippen molar-refractivity contribution < 1.29 is 9.59 Å². The molecule has 3 aliphatic heterocycles. The van der Waals surface area contributed by atoms with Gasteiger partial charge < -0.3 is 14.8 Å². The minimum Gasteiger partial charge on any atom is -0.338 e. The van der Waals surface area contributed by atoms with Gasteiger partial charge in [-0.15, -0.1) is 10.2 Å². The molecule has 2 fully saturated rings. The maximum Gasteiger partial charge on any atom is 0.250 e. The molecule has 0 saturated carbocycles. The average molecular weight is 380 g/mol. The zero-order chi connectivity index (χ0) is 19.5. The van der Waals surface area contributed by atoms with Crippen LogP contribution >= 0.6 is 0 Å². The molecule has 146 valence electrons. The molecule has 0 unspecified atom stereocenters. The standard InChI is InChI=1S/C20H24N6O2/c1-24(11-17-23-21-12-25(17)2)18(27)15-10-13-6-5-9-26(13)20(15)14-7-3-4-8-16(14)22-19(20)28/h3-4,7-8,12-13,15H,5-6,9-11H2,1-2H3,(H,22,28)/t13-,15+,20+/m1/s1. The first-order valence-electron chi connectivity index (χ1n) is 9.79. The van der Waals surface area contributed by atoms with Crippen LogP contribution in [0.3, 0.4) is 0 Å². The van der Waals surface area contributed by atoms with Gasteiger partial charge in [-0.3, -0.25) is 14.5 Å². The second kappa shape index (κ2) is 6.13. The van der Waals surface area contributed by atoms with Gasteiger partial charge in [0.25, 0.3) is 0 Å². The number of fused-ring (bicyclic) bond motifs is 4. The monoisotopic (exact) mass is 380 g/mol. The molecule has 3 aliphatic rings. The van der Waals surface area contributed by atoms with Gasteiger partial charge in [0.05, 0.1) is 12.5 Å². The third kappa shape index (κ3) is 2.21. The number of carbonyl (C=O) groups excluding carboxylic acids is 2. The quantitative estimate of drug-likeness (QED) is 0.862. The zero-order valence-corrected chi connectivity index (χ0v) is 16.1. The van der Waals surface area contributed by atoms with Crippen molar-refractivity contribution in [3.63, 3.8) is 0 Å². The Labute approximate surface area is 163 Å². The Bertz CT molecular complexity index is 956. The van der Waals surface area contributed by atoms with Crippen molar-refractivity contribution in [2.24, 2.45) is 13.0 Å². The fraction of sp³-hybridized carbons (Fsp3) is 0.500. The smallest absolute Gasteiger partial charge is 0.250 e. The molecule has 8 heteroatoms. The average Bonchev–Trinajstić information content (AvgIpc) is 3.42. The second-order valence-corrected chi connectivity index (χ2v) is 8.10. The molecule has 3 atom stereocenters. The molecule has 2 aromatic rings. The van der Waals surface area contributed by atoms with E-state index in [9.17, 15) is 9.59 Å². The number of aromatic nitrogens is 3. The van der Waals surface area contributed by atoms with Crippen molar-refractivity contribution in [3.8, 4) is 0 Å². The van der Waals surface area contributed by atoms with E-state index in [2.05, 4.69) is 20.4 Å². The lowest BCUT2D eigenvalue weighted by Gasteiger charge is -2.37. The number of rotatable bonds is 3. The van der Waals surface area contributed by atoms with E-state index in [1.165, 1.54) is 0 Å². The van der Waals surface area contributed by atoms with Crippen molar-refractivity contribution in [2.45, 2.75) is 37.4 Å². The first-order valence-corrected chi connectivity index (χ1v) is 9.79. The summed E-state index contributed by atoms with van der Waals surface area (Å²) in [6.07, 6.45) is 4.44. The lowest BCUT2D eigenvalue weighted by Crippen LogP contribution is -2.54. The van der Waals surface area contributed by atoms with E-state index in [1.807, 2.05) is 35.9 Å². The second-order valence-electron chi connectivity index (χ2n) is 8.10. The molecule has 8 nitrogen and oxygen atoms in total. The van der Waals surface area contributed by atoms with Crippen LogP contribution in [0.2, 0.25) is 0 Å². The minimum absolute atomic E-state index is 0.00995. The summed E-state index contributed by atoms with van der Waals surface area (Å²) in [4.78, 5) is 30.9. The molecule has 1 aromatic carbocycles. The van der Waals surface area contributed by atoms with Crippen molar-refractivity contribution in [2.75, 3.05) is 18.9 Å². The van der Waals surface area contributed by atoms with Gasteiger partial charge in [0.1, 0.15) is 11.9 Å². The lowest BCUT2D eigenvalue weighted by atomic mass is 9.78. The van der Waals surface area contributed by atoms with Gasteiger partial charge in [-0.25, -0.2) is 0 Å². The molecule has 1 N–H and O–H groups in total. The molecule has 0 radical (unpaired) electrons. The van der Waals surface area contributed by atoms with Crippen LogP contribution in [0.4, 0.5) is 5.69 Å². The number of hydrogen-bond acceptors (Lipinski definition) is 5. The van der Waals surface area contributed by atoms with Crippen molar-refractivity contribution >= 4 is 17.5 Å². The van der Waals surface area contributed by atoms with Crippen molar-refractivity contribution in [1.82, 2.24) is 24.6 Å². The number of hydrogen-bond donors (Lipinski definition) is 1. The first-order chi connectivity index (χ1) is 13.5. The van der Waals surface area contributed by atoms with E-state index in [0.717, 1.165) is 36.5 Å². The van der Waals surface area contributed by atoms with Crippen LogP contribution in [0.1, 0.15) is 30.7 Å². The summed E-state index contributed by atoms with van der Waals surface area (Å²) in [6.45, 7) is 1.22. The summed E-state index contributed by atoms with van der Waals surface area (Å²) < 4.78 is 1.81. The van der Waals surface area contributed by atoms with Gasteiger partial charge in [-0.05, 0) is 31.9 Å². The highest BCUT2D eigenvalue weighted by Gasteiger charge is 2.65. The summed E-state index contributed by atoms with van der Waals surface area (Å²) in [5.41, 5.74) is 0.867. The van der Waals surface area contributed by atoms with Crippen molar-refractivity contribution in [1.29, 1.82) is 0 Å². The number of anilines is 1. The number of para-hydroxylation sites is 1. The Morgan fingerprint density at radius 2 is 2.21 bits per heavy atom. The molecule has 2 saturated heterocycles. The fourth-order valence-electron chi connectivity index (χ4n) is 5.37. The zero-order valence-electron chi connectivity index (χ0n) is 16.1. The Morgan fingerprint density at radius 1 is 1.39 bits per heavy atom. The third-order valence-corrected chi connectivity index (χ3v) is 6.63. The maximum absolute atomic E-state index is 13.6. The molecule has 1 spiro atoms. The highest BCUT2D eigenvalue weighted by Crippen LogP contribution is 2.55. The predicted molar refractivity (Wildman–Crippen MR) is 102 cm³/mol. The molecular formula is C20H24N6O2. The highest BCUT2D eigenvalue weighted by molar-refractivity contribution is 6.09. The van der Waals surface area contributed by atoms with Crippen LogP contribution in [-0.4, -0.2) is 56.0 Å². The Hall–Kier alpha value is -2.74. The van der Waals surface area contributed by atoms with Gasteiger partial charge in [0, 0.05) is 31.4 Å². The Morgan fingerprint density at radius 3 is 3.00 bits per heavy atom. The van der Waals surface area contributed by atoms with E-state index in [-0.39, 0.29) is 17.9 Å². The molecular weight excluding hydrogens is 356 g/mol. The van der Waals surface area contributed by atoms with E-state index in [1.54, 1.807) is 18.3 Å². The number of nitrogens with one attached hydrogen (secondary N) is 1. The van der Waals surface area contributed by atoms with Gasteiger partial charge in [0.15, 0.2) is 5.82 Å². The molecule has 5 rings (SSSR count). The summed E-state index contributed by atoms with van der Waals surface area (Å²) in [7, 11) is 3.65. The van der Waals surface area contributed by atoms with Gasteiger partial charge in [-0.1, -0.05) is 18.2 Å². The van der Waals surface area contributed by atoms with Gasteiger partial charge >= 0.3 is 0 Å². The maximum atomic E-state index is 13.6. The van der Waals surface area contributed by atoms with Crippen LogP contribution in [0, 0.1) is 5.92 Å². The largest absolute Gasteiger partial charge is 0.338 e. The van der Waals surface area contributed by atoms with Crippen LogP contribution < -0.4 is 5.32 Å². The van der Waals surface area contributed by atoms with E-state index in [4.69, 9.17) is 0 Å². The fourth-order valence-corrected chi connectivity index (χ4v) is 5.37. The van der Waals surface area contributed by atoms with E-state index < -0.39 is 11.5 Å².